The molecule has 1 aromatic heterocycles. The SMILES string of the molecule is CNc1nc(Oc2ccccc2I)cc(C(F)(F)F)n1. The van der Waals surface area contributed by atoms with E-state index in [1.54, 1.807) is 24.3 Å². The quantitative estimate of drug-likeness (QED) is 0.801. The van der Waals surface area contributed by atoms with Gasteiger partial charge in [-0.15, -0.1) is 0 Å². The number of ether oxygens (including phenoxy) is 1. The number of aromatic nitrogens is 2. The Labute approximate surface area is 126 Å². The molecular weight excluding hydrogens is 386 g/mol. The van der Waals surface area contributed by atoms with Crippen molar-refractivity contribution in [3.8, 4) is 11.6 Å². The van der Waals surface area contributed by atoms with E-state index in [2.05, 4.69) is 15.3 Å². The van der Waals surface area contributed by atoms with Gasteiger partial charge in [0.15, 0.2) is 5.69 Å². The third-order valence-corrected chi connectivity index (χ3v) is 3.16. The molecule has 0 amide bonds. The van der Waals surface area contributed by atoms with Gasteiger partial charge in [-0.3, -0.25) is 0 Å². The maximum atomic E-state index is 12.7. The number of alkyl halides is 3. The molecule has 106 valence electrons. The van der Waals surface area contributed by atoms with Gasteiger partial charge in [-0.05, 0) is 34.7 Å². The molecule has 0 unspecified atom stereocenters. The van der Waals surface area contributed by atoms with E-state index in [9.17, 15) is 13.2 Å². The monoisotopic (exact) mass is 395 g/mol. The molecule has 1 aromatic carbocycles. The van der Waals surface area contributed by atoms with Crippen molar-refractivity contribution in [3.05, 3.63) is 39.6 Å². The first-order valence-electron chi connectivity index (χ1n) is 5.46. The first-order chi connectivity index (χ1) is 9.40. The Hall–Kier alpha value is -1.58. The fourth-order valence-electron chi connectivity index (χ4n) is 1.37. The van der Waals surface area contributed by atoms with Gasteiger partial charge in [-0.1, -0.05) is 12.1 Å². The van der Waals surface area contributed by atoms with Crippen molar-refractivity contribution in [3.63, 3.8) is 0 Å². The number of nitrogens with zero attached hydrogens (tertiary/aromatic N) is 2. The van der Waals surface area contributed by atoms with Gasteiger partial charge < -0.3 is 10.1 Å². The van der Waals surface area contributed by atoms with E-state index < -0.39 is 11.9 Å². The summed E-state index contributed by atoms with van der Waals surface area (Å²) in [4.78, 5) is 7.21. The number of halogens is 4. The minimum atomic E-state index is -4.56. The van der Waals surface area contributed by atoms with Gasteiger partial charge in [-0.2, -0.15) is 18.2 Å². The standard InChI is InChI=1S/C12H9F3IN3O/c1-17-11-18-9(12(13,14)15)6-10(19-11)20-8-5-3-2-4-7(8)16/h2-6H,1H3,(H,17,18,19). The minimum absolute atomic E-state index is 0.152. The maximum absolute atomic E-state index is 12.7. The van der Waals surface area contributed by atoms with Crippen molar-refractivity contribution in [1.82, 2.24) is 9.97 Å². The summed E-state index contributed by atoms with van der Waals surface area (Å²) in [5, 5.41) is 2.48. The average molecular weight is 395 g/mol. The van der Waals surface area contributed by atoms with Crippen molar-refractivity contribution < 1.29 is 17.9 Å². The predicted molar refractivity (Wildman–Crippen MR) is 75.8 cm³/mol. The zero-order valence-electron chi connectivity index (χ0n) is 10.2. The average Bonchev–Trinajstić information content (AvgIpc) is 2.40. The summed E-state index contributed by atoms with van der Waals surface area (Å²) in [6.07, 6.45) is -4.56. The maximum Gasteiger partial charge on any atom is 0.433 e. The van der Waals surface area contributed by atoms with Crippen molar-refractivity contribution in [1.29, 1.82) is 0 Å². The van der Waals surface area contributed by atoms with Crippen molar-refractivity contribution >= 4 is 28.5 Å². The molecule has 0 fully saturated rings. The van der Waals surface area contributed by atoms with Gasteiger partial charge in [0, 0.05) is 13.1 Å². The molecule has 20 heavy (non-hydrogen) atoms. The summed E-state index contributed by atoms with van der Waals surface area (Å²) < 4.78 is 44.3. The topological polar surface area (TPSA) is 47.0 Å². The lowest BCUT2D eigenvalue weighted by Gasteiger charge is -2.11. The summed E-state index contributed by atoms with van der Waals surface area (Å²) in [5.41, 5.74) is -1.06. The molecular formula is C12H9F3IN3O. The molecule has 8 heteroatoms. The fourth-order valence-corrected chi connectivity index (χ4v) is 1.87. The Morgan fingerprint density at radius 2 is 1.90 bits per heavy atom. The van der Waals surface area contributed by atoms with Crippen LogP contribution in [0.5, 0.6) is 11.6 Å². The van der Waals surface area contributed by atoms with Crippen LogP contribution in [0.1, 0.15) is 5.69 Å². The van der Waals surface area contributed by atoms with Crippen LogP contribution in [-0.2, 0) is 6.18 Å². The summed E-state index contributed by atoms with van der Waals surface area (Å²) in [7, 11) is 1.44. The number of anilines is 1. The van der Waals surface area contributed by atoms with E-state index in [1.165, 1.54) is 7.05 Å². The Kier molecular flexibility index (Phi) is 4.31. The summed E-state index contributed by atoms with van der Waals surface area (Å²) in [5.74, 6) is 0.114. The summed E-state index contributed by atoms with van der Waals surface area (Å²) >= 11 is 2.02. The predicted octanol–water partition coefficient (Wildman–Crippen LogP) is 3.93. The highest BCUT2D eigenvalue weighted by molar-refractivity contribution is 14.1. The highest BCUT2D eigenvalue weighted by Gasteiger charge is 2.34. The van der Waals surface area contributed by atoms with Crippen LogP contribution >= 0.6 is 22.6 Å². The van der Waals surface area contributed by atoms with Crippen LogP contribution in [-0.4, -0.2) is 17.0 Å². The Morgan fingerprint density at radius 1 is 1.20 bits per heavy atom. The minimum Gasteiger partial charge on any atom is -0.438 e. The fraction of sp³-hybridized carbons (Fsp3) is 0.167. The van der Waals surface area contributed by atoms with Gasteiger partial charge in [0.1, 0.15) is 5.75 Å². The zero-order chi connectivity index (χ0) is 14.8. The summed E-state index contributed by atoms with van der Waals surface area (Å²) in [6.45, 7) is 0. The van der Waals surface area contributed by atoms with Crippen molar-refractivity contribution in [2.45, 2.75) is 6.18 Å². The second-order valence-corrected chi connectivity index (χ2v) is 4.86. The van der Waals surface area contributed by atoms with Gasteiger partial charge >= 0.3 is 6.18 Å². The molecule has 0 spiro atoms. The second-order valence-electron chi connectivity index (χ2n) is 3.70. The molecule has 0 saturated carbocycles. The van der Waals surface area contributed by atoms with Gasteiger partial charge in [-0.25, -0.2) is 4.98 Å². The third-order valence-electron chi connectivity index (χ3n) is 2.27. The van der Waals surface area contributed by atoms with Crippen molar-refractivity contribution in [2.75, 3.05) is 12.4 Å². The molecule has 0 saturated heterocycles. The van der Waals surface area contributed by atoms with Crippen LogP contribution in [0, 0.1) is 3.57 Å². The van der Waals surface area contributed by atoms with Crippen LogP contribution in [0.3, 0.4) is 0 Å². The lowest BCUT2D eigenvalue weighted by atomic mass is 10.3. The largest absolute Gasteiger partial charge is 0.438 e. The molecule has 4 nitrogen and oxygen atoms in total. The molecule has 0 aliphatic heterocycles. The van der Waals surface area contributed by atoms with Gasteiger partial charge in [0.25, 0.3) is 0 Å². The van der Waals surface area contributed by atoms with Crippen LogP contribution in [0.4, 0.5) is 19.1 Å². The Balaban J connectivity index is 2.39. The first kappa shape index (κ1) is 14.8. The number of para-hydroxylation sites is 1. The first-order valence-corrected chi connectivity index (χ1v) is 6.54. The summed E-state index contributed by atoms with van der Waals surface area (Å²) in [6, 6.07) is 7.72. The van der Waals surface area contributed by atoms with E-state index in [0.29, 0.717) is 5.75 Å². The Bertz CT molecular complexity index is 619. The number of rotatable bonds is 3. The molecule has 0 aliphatic carbocycles. The number of hydrogen-bond donors (Lipinski definition) is 1. The normalized spacial score (nSPS) is 11.2. The van der Waals surface area contributed by atoms with Crippen LogP contribution < -0.4 is 10.1 Å². The molecule has 0 aliphatic rings. The van der Waals surface area contributed by atoms with Gasteiger partial charge in [0.05, 0.1) is 3.57 Å². The highest BCUT2D eigenvalue weighted by atomic mass is 127. The third kappa shape index (κ3) is 3.50. The molecule has 0 bridgehead atoms. The molecule has 2 rings (SSSR count). The van der Waals surface area contributed by atoms with Crippen LogP contribution in [0.2, 0.25) is 0 Å². The number of hydrogen-bond acceptors (Lipinski definition) is 4. The van der Waals surface area contributed by atoms with Crippen LogP contribution in [0.25, 0.3) is 0 Å². The van der Waals surface area contributed by atoms with E-state index in [4.69, 9.17) is 4.74 Å². The molecule has 1 N–H and O–H groups in total. The second kappa shape index (κ2) is 5.81. The molecule has 1 heterocycles. The molecule has 0 atom stereocenters. The van der Waals surface area contributed by atoms with E-state index in [1.807, 2.05) is 22.6 Å². The molecule has 2 aromatic rings. The lowest BCUT2D eigenvalue weighted by molar-refractivity contribution is -0.141. The van der Waals surface area contributed by atoms with Gasteiger partial charge in [0.2, 0.25) is 11.8 Å². The van der Waals surface area contributed by atoms with E-state index in [0.717, 1.165) is 9.64 Å². The molecule has 0 radical (unpaired) electrons. The van der Waals surface area contributed by atoms with Crippen LogP contribution in [0.15, 0.2) is 30.3 Å². The number of benzene rings is 1. The Morgan fingerprint density at radius 3 is 2.50 bits per heavy atom. The van der Waals surface area contributed by atoms with E-state index in [-0.39, 0.29) is 11.8 Å². The number of nitrogens with one attached hydrogen (secondary N) is 1. The highest BCUT2D eigenvalue weighted by Crippen LogP contribution is 2.32. The smallest absolute Gasteiger partial charge is 0.433 e. The van der Waals surface area contributed by atoms with E-state index >= 15 is 0 Å². The van der Waals surface area contributed by atoms with Crippen molar-refractivity contribution in [2.24, 2.45) is 0 Å². The lowest BCUT2D eigenvalue weighted by Crippen LogP contribution is -2.11. The zero-order valence-corrected chi connectivity index (χ0v) is 12.4.